The lowest BCUT2D eigenvalue weighted by atomic mass is 9.89. The van der Waals surface area contributed by atoms with Gasteiger partial charge in [-0.1, -0.05) is 59.1 Å². The van der Waals surface area contributed by atoms with Gasteiger partial charge in [0, 0.05) is 16.8 Å². The van der Waals surface area contributed by atoms with E-state index in [1.807, 2.05) is 30.3 Å². The SMILES string of the molecule is Nc1nc2cc(Cl)c(Cl)c(CCCCN3CCC(c4ccccc4Cl)CC3)c2nc1-c1ccccn1. The largest absolute Gasteiger partial charge is 0.382 e. The summed E-state index contributed by atoms with van der Waals surface area (Å²) in [7, 11) is 0. The standard InChI is InChI=1S/C28H28Cl3N5/c29-21-9-2-1-7-19(21)18-11-15-36(16-12-18)14-6-4-8-20-25(31)22(30)17-24-26(20)35-27(28(32)34-24)23-10-3-5-13-33-23/h1-3,5,7,9-10,13,17-18H,4,6,8,11-12,14-16H2,(H2,32,34). The molecule has 2 aromatic heterocycles. The van der Waals surface area contributed by atoms with Crippen molar-refractivity contribution in [1.82, 2.24) is 19.9 Å². The maximum Gasteiger partial charge on any atom is 0.152 e. The second kappa shape index (κ2) is 11.3. The van der Waals surface area contributed by atoms with Gasteiger partial charge >= 0.3 is 0 Å². The van der Waals surface area contributed by atoms with Crippen molar-refractivity contribution in [3.63, 3.8) is 0 Å². The van der Waals surface area contributed by atoms with Crippen LogP contribution in [0.25, 0.3) is 22.4 Å². The minimum atomic E-state index is 0.325. The lowest BCUT2D eigenvalue weighted by molar-refractivity contribution is 0.209. The monoisotopic (exact) mass is 539 g/mol. The second-order valence-electron chi connectivity index (χ2n) is 9.29. The normalized spacial score (nSPS) is 15.0. The number of rotatable bonds is 7. The van der Waals surface area contributed by atoms with E-state index in [4.69, 9.17) is 45.5 Å². The molecule has 1 saturated heterocycles. The van der Waals surface area contributed by atoms with E-state index in [1.54, 1.807) is 12.3 Å². The van der Waals surface area contributed by atoms with Gasteiger partial charge in [-0.05, 0) is 87.5 Å². The molecule has 0 aliphatic carbocycles. The van der Waals surface area contributed by atoms with Crippen molar-refractivity contribution in [2.45, 2.75) is 38.0 Å². The third-order valence-corrected chi connectivity index (χ3v) is 8.14. The Hall–Kier alpha value is -2.44. The zero-order valence-corrected chi connectivity index (χ0v) is 22.2. The molecule has 8 heteroatoms. The van der Waals surface area contributed by atoms with Crippen LogP contribution in [0, 0.1) is 0 Å². The van der Waals surface area contributed by atoms with Crippen molar-refractivity contribution in [2.75, 3.05) is 25.4 Å². The van der Waals surface area contributed by atoms with Crippen molar-refractivity contribution in [3.05, 3.63) is 80.9 Å². The summed E-state index contributed by atoms with van der Waals surface area (Å²) in [6, 6.07) is 15.6. The quantitative estimate of drug-likeness (QED) is 0.247. The molecule has 36 heavy (non-hydrogen) atoms. The Bertz CT molecular complexity index is 1350. The predicted molar refractivity (Wildman–Crippen MR) is 150 cm³/mol. The van der Waals surface area contributed by atoms with Crippen LogP contribution in [0.5, 0.6) is 0 Å². The molecule has 5 nitrogen and oxygen atoms in total. The lowest BCUT2D eigenvalue weighted by Gasteiger charge is -2.32. The number of aryl methyl sites for hydroxylation is 1. The summed E-state index contributed by atoms with van der Waals surface area (Å²) in [5, 5.41) is 1.90. The molecule has 5 rings (SSSR count). The van der Waals surface area contributed by atoms with Crippen LogP contribution in [0.4, 0.5) is 5.82 Å². The van der Waals surface area contributed by atoms with Crippen molar-refractivity contribution in [3.8, 4) is 11.4 Å². The first kappa shape index (κ1) is 25.2. The fourth-order valence-electron chi connectivity index (χ4n) is 5.05. The highest BCUT2D eigenvalue weighted by atomic mass is 35.5. The highest BCUT2D eigenvalue weighted by molar-refractivity contribution is 6.43. The van der Waals surface area contributed by atoms with E-state index in [2.05, 4.69) is 27.0 Å². The molecule has 3 heterocycles. The number of nitrogens with zero attached hydrogens (tertiary/aromatic N) is 4. The number of likely N-dealkylation sites (tertiary alicyclic amines) is 1. The van der Waals surface area contributed by atoms with Gasteiger partial charge in [-0.3, -0.25) is 4.98 Å². The third-order valence-electron chi connectivity index (χ3n) is 6.96. The summed E-state index contributed by atoms with van der Waals surface area (Å²) in [4.78, 5) is 16.3. The molecule has 4 aromatic rings. The van der Waals surface area contributed by atoms with Crippen molar-refractivity contribution in [1.29, 1.82) is 0 Å². The van der Waals surface area contributed by atoms with Gasteiger partial charge in [0.25, 0.3) is 0 Å². The summed E-state index contributed by atoms with van der Waals surface area (Å²) in [6.07, 6.45) is 6.81. The van der Waals surface area contributed by atoms with Gasteiger partial charge in [0.2, 0.25) is 0 Å². The number of halogens is 3. The van der Waals surface area contributed by atoms with E-state index in [0.29, 0.717) is 38.7 Å². The summed E-state index contributed by atoms with van der Waals surface area (Å²) in [5.74, 6) is 0.872. The maximum absolute atomic E-state index is 6.66. The van der Waals surface area contributed by atoms with Gasteiger partial charge in [-0.2, -0.15) is 0 Å². The number of hydrogen-bond acceptors (Lipinski definition) is 5. The average Bonchev–Trinajstić information content (AvgIpc) is 2.89. The number of hydrogen-bond donors (Lipinski definition) is 1. The number of pyridine rings is 1. The van der Waals surface area contributed by atoms with Crippen molar-refractivity contribution >= 4 is 51.7 Å². The number of anilines is 1. The fraction of sp³-hybridized carbons (Fsp3) is 0.321. The van der Waals surface area contributed by atoms with E-state index in [-0.39, 0.29) is 0 Å². The molecule has 0 bridgehead atoms. The van der Waals surface area contributed by atoms with E-state index < -0.39 is 0 Å². The number of nitrogens with two attached hydrogens (primary N) is 1. The Morgan fingerprint density at radius 1 is 0.917 bits per heavy atom. The number of aromatic nitrogens is 3. The first-order chi connectivity index (χ1) is 17.5. The van der Waals surface area contributed by atoms with Gasteiger partial charge < -0.3 is 10.6 Å². The van der Waals surface area contributed by atoms with Crippen LogP contribution in [0.3, 0.4) is 0 Å². The number of piperidine rings is 1. The molecule has 0 atom stereocenters. The first-order valence-electron chi connectivity index (χ1n) is 12.3. The smallest absolute Gasteiger partial charge is 0.152 e. The van der Waals surface area contributed by atoms with Crippen LogP contribution < -0.4 is 5.73 Å². The summed E-state index contributed by atoms with van der Waals surface area (Å²) in [6.45, 7) is 3.24. The number of fused-ring (bicyclic) bond motifs is 1. The Kier molecular flexibility index (Phi) is 7.92. The van der Waals surface area contributed by atoms with E-state index in [1.165, 1.54) is 5.56 Å². The molecule has 186 valence electrons. The Labute approximate surface area is 226 Å². The van der Waals surface area contributed by atoms with Gasteiger partial charge in [0.1, 0.15) is 5.69 Å². The number of unbranched alkanes of at least 4 members (excludes halogenated alkanes) is 1. The van der Waals surface area contributed by atoms with Gasteiger partial charge in [-0.15, -0.1) is 0 Å². The maximum atomic E-state index is 6.66. The van der Waals surface area contributed by atoms with Crippen LogP contribution in [-0.2, 0) is 6.42 Å². The van der Waals surface area contributed by atoms with Crippen LogP contribution in [0.2, 0.25) is 15.1 Å². The Morgan fingerprint density at radius 2 is 1.69 bits per heavy atom. The minimum Gasteiger partial charge on any atom is -0.382 e. The molecule has 1 aliphatic rings. The molecule has 2 N–H and O–H groups in total. The van der Waals surface area contributed by atoms with Crippen LogP contribution in [0.15, 0.2) is 54.7 Å². The Balaban J connectivity index is 1.24. The highest BCUT2D eigenvalue weighted by Crippen LogP contribution is 2.35. The molecule has 0 unspecified atom stereocenters. The molecule has 1 aliphatic heterocycles. The average molecular weight is 541 g/mol. The molecular weight excluding hydrogens is 513 g/mol. The molecule has 0 radical (unpaired) electrons. The van der Waals surface area contributed by atoms with Gasteiger partial charge in [0.15, 0.2) is 5.82 Å². The zero-order valence-electron chi connectivity index (χ0n) is 19.9. The Morgan fingerprint density at radius 3 is 2.44 bits per heavy atom. The zero-order chi connectivity index (χ0) is 25.1. The van der Waals surface area contributed by atoms with Gasteiger partial charge in [-0.25, -0.2) is 9.97 Å². The minimum absolute atomic E-state index is 0.325. The first-order valence-corrected chi connectivity index (χ1v) is 13.5. The lowest BCUT2D eigenvalue weighted by Crippen LogP contribution is -2.33. The topological polar surface area (TPSA) is 67.9 Å². The third kappa shape index (κ3) is 5.45. The van der Waals surface area contributed by atoms with E-state index in [0.717, 1.165) is 67.8 Å². The molecule has 1 fully saturated rings. The molecule has 2 aromatic carbocycles. The summed E-state index contributed by atoms with van der Waals surface area (Å²) >= 11 is 19.5. The molecule has 0 saturated carbocycles. The molecule has 0 amide bonds. The summed E-state index contributed by atoms with van der Waals surface area (Å²) < 4.78 is 0. The number of nitrogen functional groups attached to an aromatic ring is 1. The van der Waals surface area contributed by atoms with Gasteiger partial charge in [0.05, 0.1) is 26.8 Å². The van der Waals surface area contributed by atoms with Crippen molar-refractivity contribution in [2.24, 2.45) is 0 Å². The fourth-order valence-corrected chi connectivity index (χ4v) is 5.79. The predicted octanol–water partition coefficient (Wildman–Crippen LogP) is 7.44. The highest BCUT2D eigenvalue weighted by Gasteiger charge is 2.22. The van der Waals surface area contributed by atoms with Crippen LogP contribution in [0.1, 0.15) is 42.7 Å². The van der Waals surface area contributed by atoms with E-state index in [9.17, 15) is 0 Å². The molecule has 0 spiro atoms. The second-order valence-corrected chi connectivity index (χ2v) is 10.5. The van der Waals surface area contributed by atoms with Crippen LogP contribution in [-0.4, -0.2) is 39.5 Å². The van der Waals surface area contributed by atoms with Crippen LogP contribution >= 0.6 is 34.8 Å². The van der Waals surface area contributed by atoms with Crippen molar-refractivity contribution < 1.29 is 0 Å². The summed E-state index contributed by atoms with van der Waals surface area (Å²) in [5.41, 5.74) is 11.0. The number of benzene rings is 2. The molecular formula is C28H28Cl3N5. The van der Waals surface area contributed by atoms with E-state index >= 15 is 0 Å².